The molecule has 0 radical (unpaired) electrons. The molecule has 17 heteroatoms. The fraction of sp³-hybridized carbons (Fsp3) is 0.282. The number of hydrogen-bond acceptors (Lipinski definition) is 12. The number of rotatable bonds is 12. The average Bonchev–Trinajstić information content (AvgIpc) is 1.53. The smallest absolute Gasteiger partial charge is 0.404 e. The maximum Gasteiger partial charge on any atom is 0.582 e. The molecule has 0 amide bonds. The molecular weight excluding hydrogens is 1290 g/mol. The molecule has 4 aliphatic heterocycles. The molecule has 0 N–H and O–H groups in total. The van der Waals surface area contributed by atoms with E-state index in [4.69, 9.17) is 38.2 Å². The number of aliphatic imine (C=N–C) groups is 4. The van der Waals surface area contributed by atoms with Gasteiger partial charge in [0.2, 0.25) is 0 Å². The molecule has 14 rings (SSSR count). The number of benzene rings is 8. The normalized spacial score (nSPS) is 15.2. The zero-order valence-corrected chi connectivity index (χ0v) is 64.0. The summed E-state index contributed by atoms with van der Waals surface area (Å²) in [5.74, 6) is 3.44. The second-order valence-corrected chi connectivity index (χ2v) is 47.7. The van der Waals surface area contributed by atoms with Gasteiger partial charge in [-0.15, -0.1) is 0 Å². The van der Waals surface area contributed by atoms with Crippen LogP contribution in [0, 0.1) is 0 Å². The monoisotopic (exact) mass is 1370 g/mol. The first kappa shape index (κ1) is 65.4. The van der Waals surface area contributed by atoms with Crippen LogP contribution in [0.2, 0.25) is 39.3 Å². The lowest BCUT2D eigenvalue weighted by Gasteiger charge is -2.41. The maximum absolute atomic E-state index is 8.41. The van der Waals surface area contributed by atoms with Crippen molar-refractivity contribution < 1.29 is 8.23 Å². The van der Waals surface area contributed by atoms with Crippen molar-refractivity contribution in [2.24, 2.45) is 30.0 Å². The van der Waals surface area contributed by atoms with E-state index >= 15 is 0 Å². The van der Waals surface area contributed by atoms with Crippen molar-refractivity contribution >= 4 is 129 Å². The Morgan fingerprint density at radius 1 is 0.326 bits per heavy atom. The van der Waals surface area contributed by atoms with Gasteiger partial charge < -0.3 is 8.23 Å². The number of hydrogen-bond donors (Lipinski definition) is 0. The Balaban J connectivity index is 1.16. The Bertz CT molecular complexity index is 5030. The van der Waals surface area contributed by atoms with Crippen LogP contribution < -0.4 is 11.0 Å². The van der Waals surface area contributed by atoms with Crippen LogP contribution in [0.4, 0.5) is 11.6 Å². The summed E-state index contributed by atoms with van der Waals surface area (Å²) in [6.45, 7) is 40.7. The van der Waals surface area contributed by atoms with Crippen LogP contribution >= 0.6 is 47.0 Å². The number of amidine groups is 4. The summed E-state index contributed by atoms with van der Waals surface area (Å²) in [4.78, 5) is 44.1. The van der Waals surface area contributed by atoms with Crippen LogP contribution in [0.3, 0.4) is 0 Å². The molecule has 4 aliphatic rings. The minimum atomic E-state index is -4.54. The first-order valence-electron chi connectivity index (χ1n) is 32.7. The van der Waals surface area contributed by atoms with Gasteiger partial charge >= 0.3 is 8.88 Å². The highest BCUT2D eigenvalue weighted by Gasteiger charge is 2.57. The third-order valence-corrected chi connectivity index (χ3v) is 30.6. The van der Waals surface area contributed by atoms with Crippen molar-refractivity contribution in [2.45, 2.75) is 183 Å². The topological polar surface area (TPSA) is 102 Å². The lowest BCUT2D eigenvalue weighted by atomic mass is 9.87. The third-order valence-electron chi connectivity index (χ3n) is 17.3. The predicted molar refractivity (Wildman–Crippen MR) is 407 cm³/mol. The standard InChI is InChI=1S/C78H82N8O2S4Si3/c1-75(2,3)47-31-39-51(40-32-47)89-59-27-19-23-55-63(59)69-79-67(55)81-73-66-58(26-22-30-62(66)92-54-45-37-50(38-46-54)78(10,11)12)72-84-70-64-56(24-20-28-60(64)90-52-41-33-48(34-42-52)76(4,5)6)68(80-70)82-74-65-57(25-21-29-61(65)91-53-43-35-49(36-44-53)77(7,8)9)71(83-69)85(74)95(86(72)73,87-93(13,14)15)88-94(16,17)18/h19-46H,1-18H3. The Kier molecular flexibility index (Phi) is 16.3. The van der Waals surface area contributed by atoms with E-state index in [1.54, 1.807) is 47.0 Å². The van der Waals surface area contributed by atoms with Gasteiger partial charge in [-0.1, -0.05) is 227 Å². The van der Waals surface area contributed by atoms with E-state index in [0.717, 1.165) is 83.0 Å². The molecule has 8 aromatic carbocycles. The summed E-state index contributed by atoms with van der Waals surface area (Å²) in [6.07, 6.45) is 0. The molecule has 10 aromatic rings. The second kappa shape index (κ2) is 23.7. The van der Waals surface area contributed by atoms with Gasteiger partial charge in [-0.25, -0.2) is 30.0 Å². The summed E-state index contributed by atoms with van der Waals surface area (Å²) in [5.41, 5.74) is 9.88. The molecule has 2 aromatic heterocycles. The minimum absolute atomic E-state index is 0.00185. The van der Waals surface area contributed by atoms with Gasteiger partial charge in [0, 0.05) is 83.0 Å². The number of nitrogens with zero attached hydrogens (tertiary/aromatic N) is 8. The van der Waals surface area contributed by atoms with Crippen molar-refractivity contribution in [2.75, 3.05) is 0 Å². The summed E-state index contributed by atoms with van der Waals surface area (Å²) < 4.78 is 21.4. The molecule has 0 atom stereocenters. The maximum atomic E-state index is 8.41. The Hall–Kier alpha value is -6.91. The molecule has 0 fully saturated rings. The van der Waals surface area contributed by atoms with Crippen LogP contribution in [0.5, 0.6) is 0 Å². The van der Waals surface area contributed by atoms with Crippen molar-refractivity contribution in [1.29, 1.82) is 0 Å². The lowest BCUT2D eigenvalue weighted by molar-refractivity contribution is 0.340. The quantitative estimate of drug-likeness (QED) is 0.113. The highest BCUT2D eigenvalue weighted by molar-refractivity contribution is 8.00. The van der Waals surface area contributed by atoms with Crippen molar-refractivity contribution in [3.05, 3.63) is 225 Å². The van der Waals surface area contributed by atoms with Gasteiger partial charge in [-0.2, -0.15) is 0 Å². The van der Waals surface area contributed by atoms with Crippen molar-refractivity contribution in [3.8, 4) is 0 Å². The van der Waals surface area contributed by atoms with E-state index in [1.165, 1.54) is 22.3 Å². The molecular formula is C78H82N8O2S4Si3. The third kappa shape index (κ3) is 12.4. The summed E-state index contributed by atoms with van der Waals surface area (Å²) in [6, 6.07) is 62.1. The fourth-order valence-corrected chi connectivity index (χ4v) is 26.9. The fourth-order valence-electron chi connectivity index (χ4n) is 12.6. The summed E-state index contributed by atoms with van der Waals surface area (Å²) in [7, 11) is -10.2. The Morgan fingerprint density at radius 2 is 0.663 bits per heavy atom. The molecule has 482 valence electrons. The van der Waals surface area contributed by atoms with E-state index in [9.17, 15) is 0 Å². The molecule has 0 saturated heterocycles. The highest BCUT2D eigenvalue weighted by atomic mass is 32.2. The molecule has 0 unspecified atom stereocenters. The van der Waals surface area contributed by atoms with E-state index < -0.39 is 25.5 Å². The van der Waals surface area contributed by atoms with Crippen molar-refractivity contribution in [1.82, 2.24) is 8.47 Å². The van der Waals surface area contributed by atoms with Crippen LogP contribution in [0.1, 0.15) is 128 Å². The van der Waals surface area contributed by atoms with E-state index in [2.05, 4.69) is 301 Å². The van der Waals surface area contributed by atoms with Crippen LogP contribution in [-0.4, -0.2) is 57.3 Å². The SMILES string of the molecule is CC(C)(C)c1ccc(Sc2cccc3c2C2=NC3=Nc3c4c(Sc5ccc(C(C)(C)C)cc5)cccc4c4n3[Si](O[Si](C)(C)C)(O[Si](C)(C)C)n3c(c5cccc(Sc6ccc(C(C)(C)C)cc6)c5c3=NC3=NC(=N4)c4c(Sc5ccc(C(C)(C)C)cc5)cccc43)=N2)cc1. The van der Waals surface area contributed by atoms with E-state index in [0.29, 0.717) is 46.0 Å². The Morgan fingerprint density at radius 3 is 1.08 bits per heavy atom. The first-order chi connectivity index (χ1) is 44.8. The molecule has 95 heavy (non-hydrogen) atoms. The zero-order valence-electron chi connectivity index (χ0n) is 57.7. The van der Waals surface area contributed by atoms with Crippen LogP contribution in [0.15, 0.2) is 239 Å². The average molecular weight is 1380 g/mol. The molecule has 6 heterocycles. The van der Waals surface area contributed by atoms with E-state index in [-0.39, 0.29) is 21.7 Å². The van der Waals surface area contributed by atoms with Gasteiger partial charge in [-0.05, 0) is 156 Å². The molecule has 6 bridgehead atoms. The Labute approximate surface area is 579 Å². The van der Waals surface area contributed by atoms with Gasteiger partial charge in [-0.3, -0.25) is 8.47 Å². The molecule has 10 nitrogen and oxygen atoms in total. The van der Waals surface area contributed by atoms with Crippen LogP contribution in [0.25, 0.3) is 21.5 Å². The van der Waals surface area contributed by atoms with E-state index in [1.807, 2.05) is 0 Å². The van der Waals surface area contributed by atoms with Gasteiger partial charge in [0.25, 0.3) is 0 Å². The number of aromatic nitrogens is 2. The molecule has 0 saturated carbocycles. The van der Waals surface area contributed by atoms with Gasteiger partial charge in [0.05, 0.1) is 0 Å². The first-order valence-corrected chi connectivity index (χ1v) is 44.5. The lowest BCUT2D eigenvalue weighted by Crippen LogP contribution is -2.69. The largest absolute Gasteiger partial charge is 0.582 e. The summed E-state index contributed by atoms with van der Waals surface area (Å²) in [5, 5.41) is 3.57. The predicted octanol–water partition coefficient (Wildman–Crippen LogP) is 20.9. The zero-order chi connectivity index (χ0) is 67.1. The second-order valence-electron chi connectivity index (χ2n) is 31.1. The van der Waals surface area contributed by atoms with Gasteiger partial charge in [0.15, 0.2) is 40.0 Å². The minimum Gasteiger partial charge on any atom is -0.404 e. The van der Waals surface area contributed by atoms with Crippen molar-refractivity contribution in [3.63, 3.8) is 0 Å². The van der Waals surface area contributed by atoms with Crippen LogP contribution in [-0.2, 0) is 29.9 Å². The number of fused-ring (bicyclic) bond motifs is 14. The summed E-state index contributed by atoms with van der Waals surface area (Å²) >= 11 is 6.90. The molecule has 0 spiro atoms. The molecule has 0 aliphatic carbocycles. The van der Waals surface area contributed by atoms with Gasteiger partial charge in [0.1, 0.15) is 22.6 Å². The highest BCUT2D eigenvalue weighted by Crippen LogP contribution is 2.51.